The Balaban J connectivity index is 1.39. The Labute approximate surface area is 143 Å². The molecule has 2 aromatic rings. The summed E-state index contributed by atoms with van der Waals surface area (Å²) in [5, 5.41) is 0.834. The number of aryl methyl sites for hydroxylation is 1. The zero-order valence-electron chi connectivity index (χ0n) is 13.5. The lowest BCUT2D eigenvalue weighted by Crippen LogP contribution is -3.18. The van der Waals surface area contributed by atoms with E-state index in [1.165, 1.54) is 38.0 Å². The molecule has 0 spiro atoms. The molecule has 0 aromatic heterocycles. The molecule has 2 aliphatic rings. The van der Waals surface area contributed by atoms with Gasteiger partial charge in [-0.05, 0) is 35.7 Å². The molecule has 1 heterocycles. The first-order chi connectivity index (χ1) is 11.3. The summed E-state index contributed by atoms with van der Waals surface area (Å²) in [6.07, 6.45) is 3.84. The third-order valence-electron chi connectivity index (χ3n) is 5.50. The third-order valence-corrected chi connectivity index (χ3v) is 5.74. The van der Waals surface area contributed by atoms with Crippen LogP contribution in [0.15, 0.2) is 48.5 Å². The maximum Gasteiger partial charge on any atom is 0.0951 e. The number of benzene rings is 2. The van der Waals surface area contributed by atoms with Crippen molar-refractivity contribution in [1.82, 2.24) is 0 Å². The standard InChI is InChI=1S/C20H23ClN2/c21-18-6-3-7-19(15-18)22-10-12-23(13-11-22)20-9-8-16-4-1-2-5-17(16)14-20/h1-7,15,20H,8-14H2/p+1/t20-/m0/s1. The van der Waals surface area contributed by atoms with Crippen LogP contribution in [-0.4, -0.2) is 32.2 Å². The van der Waals surface area contributed by atoms with Crippen LogP contribution in [0.2, 0.25) is 5.02 Å². The number of rotatable bonds is 2. The van der Waals surface area contributed by atoms with Crippen LogP contribution in [0, 0.1) is 0 Å². The van der Waals surface area contributed by atoms with Crippen LogP contribution in [0.3, 0.4) is 0 Å². The quantitative estimate of drug-likeness (QED) is 0.891. The highest BCUT2D eigenvalue weighted by atomic mass is 35.5. The monoisotopic (exact) mass is 327 g/mol. The van der Waals surface area contributed by atoms with Crippen molar-refractivity contribution in [3.8, 4) is 0 Å². The average Bonchev–Trinajstić information content (AvgIpc) is 2.61. The van der Waals surface area contributed by atoms with Crippen LogP contribution >= 0.6 is 11.6 Å². The number of halogens is 1. The van der Waals surface area contributed by atoms with E-state index >= 15 is 0 Å². The van der Waals surface area contributed by atoms with Gasteiger partial charge in [0, 0.05) is 23.6 Å². The highest BCUT2D eigenvalue weighted by Crippen LogP contribution is 2.21. The lowest BCUT2D eigenvalue weighted by atomic mass is 9.87. The van der Waals surface area contributed by atoms with Gasteiger partial charge in [-0.2, -0.15) is 0 Å². The van der Waals surface area contributed by atoms with Crippen molar-refractivity contribution in [2.24, 2.45) is 0 Å². The van der Waals surface area contributed by atoms with Gasteiger partial charge >= 0.3 is 0 Å². The van der Waals surface area contributed by atoms with Crippen molar-refractivity contribution in [3.63, 3.8) is 0 Å². The van der Waals surface area contributed by atoms with Gasteiger partial charge in [0.25, 0.3) is 0 Å². The third kappa shape index (κ3) is 3.24. The number of quaternary nitrogens is 1. The number of hydrogen-bond donors (Lipinski definition) is 1. The average molecular weight is 328 g/mol. The van der Waals surface area contributed by atoms with E-state index in [9.17, 15) is 0 Å². The van der Waals surface area contributed by atoms with Crippen LogP contribution < -0.4 is 9.80 Å². The Morgan fingerprint density at radius 3 is 2.52 bits per heavy atom. The molecule has 0 amide bonds. The molecule has 2 aromatic carbocycles. The zero-order chi connectivity index (χ0) is 15.6. The largest absolute Gasteiger partial charge is 0.360 e. The Kier molecular flexibility index (Phi) is 4.28. The van der Waals surface area contributed by atoms with Crippen molar-refractivity contribution in [1.29, 1.82) is 0 Å². The van der Waals surface area contributed by atoms with Crippen LogP contribution in [0.5, 0.6) is 0 Å². The van der Waals surface area contributed by atoms with E-state index in [1.807, 2.05) is 6.07 Å². The molecule has 0 bridgehead atoms. The molecular formula is C20H24ClN2+. The molecule has 1 atom stereocenters. The molecular weight excluding hydrogens is 304 g/mol. The normalized spacial score (nSPS) is 22.0. The SMILES string of the molecule is Clc1cccc(N2CC[NH+]([C@H]3CCc4ccccc4C3)CC2)c1. The predicted molar refractivity (Wildman–Crippen MR) is 96.6 cm³/mol. The minimum Gasteiger partial charge on any atom is -0.360 e. The number of fused-ring (bicyclic) bond motifs is 1. The molecule has 3 heteroatoms. The van der Waals surface area contributed by atoms with Gasteiger partial charge < -0.3 is 9.80 Å². The summed E-state index contributed by atoms with van der Waals surface area (Å²) < 4.78 is 0. The van der Waals surface area contributed by atoms with Gasteiger partial charge in [-0.1, -0.05) is 41.9 Å². The van der Waals surface area contributed by atoms with Crippen LogP contribution in [-0.2, 0) is 12.8 Å². The molecule has 1 aliphatic heterocycles. The van der Waals surface area contributed by atoms with E-state index in [-0.39, 0.29) is 0 Å². The van der Waals surface area contributed by atoms with Crippen molar-refractivity contribution in [2.75, 3.05) is 31.1 Å². The lowest BCUT2D eigenvalue weighted by Gasteiger charge is -2.39. The topological polar surface area (TPSA) is 7.68 Å². The second-order valence-electron chi connectivity index (χ2n) is 6.83. The summed E-state index contributed by atoms with van der Waals surface area (Å²) >= 11 is 6.13. The van der Waals surface area contributed by atoms with E-state index < -0.39 is 0 Å². The molecule has 1 N–H and O–H groups in total. The van der Waals surface area contributed by atoms with E-state index in [2.05, 4.69) is 47.4 Å². The highest BCUT2D eigenvalue weighted by molar-refractivity contribution is 6.30. The second kappa shape index (κ2) is 6.54. The van der Waals surface area contributed by atoms with Crippen molar-refractivity contribution < 1.29 is 4.90 Å². The smallest absolute Gasteiger partial charge is 0.0951 e. The van der Waals surface area contributed by atoms with E-state index in [1.54, 1.807) is 16.0 Å². The summed E-state index contributed by atoms with van der Waals surface area (Å²) in [5.41, 5.74) is 4.42. The summed E-state index contributed by atoms with van der Waals surface area (Å²) in [5.74, 6) is 0. The number of nitrogens with one attached hydrogen (secondary N) is 1. The van der Waals surface area contributed by atoms with Crippen molar-refractivity contribution in [2.45, 2.75) is 25.3 Å². The molecule has 23 heavy (non-hydrogen) atoms. The fourth-order valence-corrected chi connectivity index (χ4v) is 4.36. The molecule has 0 saturated carbocycles. The van der Waals surface area contributed by atoms with Gasteiger partial charge in [-0.3, -0.25) is 0 Å². The molecule has 1 fully saturated rings. The first-order valence-electron chi connectivity index (χ1n) is 8.71. The van der Waals surface area contributed by atoms with Gasteiger partial charge in [0.2, 0.25) is 0 Å². The summed E-state index contributed by atoms with van der Waals surface area (Å²) in [6, 6.07) is 18.1. The minimum absolute atomic E-state index is 0.798. The summed E-state index contributed by atoms with van der Waals surface area (Å²) in [6.45, 7) is 4.74. The molecule has 4 rings (SSSR count). The number of hydrogen-bond acceptors (Lipinski definition) is 1. The maximum absolute atomic E-state index is 6.13. The van der Waals surface area contributed by atoms with E-state index in [0.717, 1.165) is 24.2 Å². The summed E-state index contributed by atoms with van der Waals surface area (Å²) in [7, 11) is 0. The zero-order valence-corrected chi connectivity index (χ0v) is 14.2. The first kappa shape index (κ1) is 15.0. The van der Waals surface area contributed by atoms with E-state index in [0.29, 0.717) is 0 Å². The number of nitrogens with zero attached hydrogens (tertiary/aromatic N) is 1. The van der Waals surface area contributed by atoms with Gasteiger partial charge in [0.05, 0.1) is 32.2 Å². The fourth-order valence-electron chi connectivity index (χ4n) is 4.18. The van der Waals surface area contributed by atoms with E-state index in [4.69, 9.17) is 11.6 Å². The van der Waals surface area contributed by atoms with Gasteiger partial charge in [0.1, 0.15) is 0 Å². The fraction of sp³-hybridized carbons (Fsp3) is 0.400. The van der Waals surface area contributed by atoms with Gasteiger partial charge in [-0.25, -0.2) is 0 Å². The Morgan fingerprint density at radius 1 is 0.957 bits per heavy atom. The Hall–Kier alpha value is -1.51. The number of piperazine rings is 1. The van der Waals surface area contributed by atoms with Crippen LogP contribution in [0.25, 0.3) is 0 Å². The number of anilines is 1. The first-order valence-corrected chi connectivity index (χ1v) is 9.09. The van der Waals surface area contributed by atoms with Gasteiger partial charge in [-0.15, -0.1) is 0 Å². The van der Waals surface area contributed by atoms with Crippen LogP contribution in [0.4, 0.5) is 5.69 Å². The molecule has 0 unspecified atom stereocenters. The molecule has 1 aliphatic carbocycles. The summed E-state index contributed by atoms with van der Waals surface area (Å²) in [4.78, 5) is 4.27. The van der Waals surface area contributed by atoms with Crippen molar-refractivity contribution in [3.05, 3.63) is 64.7 Å². The predicted octanol–water partition coefficient (Wildman–Crippen LogP) is 2.60. The molecule has 2 nitrogen and oxygen atoms in total. The Bertz CT molecular complexity index is 677. The molecule has 0 radical (unpaired) electrons. The lowest BCUT2D eigenvalue weighted by molar-refractivity contribution is -0.926. The minimum atomic E-state index is 0.798. The van der Waals surface area contributed by atoms with Crippen LogP contribution in [0.1, 0.15) is 17.5 Å². The highest BCUT2D eigenvalue weighted by Gasteiger charge is 2.30. The maximum atomic E-state index is 6.13. The Morgan fingerprint density at radius 2 is 1.74 bits per heavy atom. The van der Waals surface area contributed by atoms with Gasteiger partial charge in [0.15, 0.2) is 0 Å². The van der Waals surface area contributed by atoms with Crippen molar-refractivity contribution >= 4 is 17.3 Å². The molecule has 1 saturated heterocycles. The second-order valence-corrected chi connectivity index (χ2v) is 7.27. The molecule has 120 valence electrons.